The summed E-state index contributed by atoms with van der Waals surface area (Å²) in [6.45, 7) is 4.44. The number of benzene rings is 1. The van der Waals surface area contributed by atoms with Crippen LogP contribution in [0.2, 0.25) is 0 Å². The SMILES string of the molecule is CCC(CC)n1c(-c2ccco2)csc1=Nc1ccccc1. The molecule has 0 radical (unpaired) electrons. The van der Waals surface area contributed by atoms with Gasteiger partial charge in [0.05, 0.1) is 17.6 Å². The molecule has 0 bridgehead atoms. The van der Waals surface area contributed by atoms with E-state index in [1.807, 2.05) is 42.5 Å². The van der Waals surface area contributed by atoms with Crippen LogP contribution in [0.1, 0.15) is 32.7 Å². The number of furan rings is 1. The molecular weight excluding hydrogens is 292 g/mol. The van der Waals surface area contributed by atoms with Crippen molar-refractivity contribution in [3.8, 4) is 11.5 Å². The first-order valence-corrected chi connectivity index (χ1v) is 8.55. The number of aromatic nitrogens is 1. The summed E-state index contributed by atoms with van der Waals surface area (Å²) in [6.07, 6.45) is 3.87. The third-order valence-electron chi connectivity index (χ3n) is 3.80. The summed E-state index contributed by atoms with van der Waals surface area (Å²) < 4.78 is 7.92. The van der Waals surface area contributed by atoms with Gasteiger partial charge in [-0.1, -0.05) is 32.0 Å². The van der Waals surface area contributed by atoms with E-state index in [1.54, 1.807) is 17.6 Å². The van der Waals surface area contributed by atoms with Gasteiger partial charge < -0.3 is 8.98 Å². The monoisotopic (exact) mass is 312 g/mol. The maximum absolute atomic E-state index is 5.61. The molecule has 0 unspecified atom stereocenters. The molecule has 114 valence electrons. The molecule has 0 spiro atoms. The number of hydrogen-bond donors (Lipinski definition) is 0. The first kappa shape index (κ1) is 14.9. The minimum Gasteiger partial charge on any atom is -0.463 e. The van der Waals surface area contributed by atoms with Gasteiger partial charge in [0.25, 0.3) is 0 Å². The summed E-state index contributed by atoms with van der Waals surface area (Å²) >= 11 is 1.66. The Balaban J connectivity index is 2.17. The molecule has 22 heavy (non-hydrogen) atoms. The highest BCUT2D eigenvalue weighted by Crippen LogP contribution is 2.27. The van der Waals surface area contributed by atoms with Gasteiger partial charge in [0, 0.05) is 11.4 Å². The molecule has 0 N–H and O–H groups in total. The van der Waals surface area contributed by atoms with E-state index >= 15 is 0 Å². The van der Waals surface area contributed by atoms with Crippen LogP contribution in [0.5, 0.6) is 0 Å². The lowest BCUT2D eigenvalue weighted by atomic mass is 10.1. The predicted octanol–water partition coefficient (Wildman–Crippen LogP) is 5.40. The lowest BCUT2D eigenvalue weighted by molar-refractivity contribution is 0.459. The maximum atomic E-state index is 5.61. The molecule has 4 heteroatoms. The van der Waals surface area contributed by atoms with Gasteiger partial charge in [0.15, 0.2) is 10.6 Å². The van der Waals surface area contributed by atoms with Crippen molar-refractivity contribution in [2.45, 2.75) is 32.7 Å². The van der Waals surface area contributed by atoms with Crippen LogP contribution < -0.4 is 4.80 Å². The van der Waals surface area contributed by atoms with Crippen LogP contribution in [-0.4, -0.2) is 4.57 Å². The second-order valence-electron chi connectivity index (χ2n) is 5.17. The van der Waals surface area contributed by atoms with Crippen molar-refractivity contribution in [3.05, 3.63) is 58.9 Å². The fourth-order valence-electron chi connectivity index (χ4n) is 2.63. The van der Waals surface area contributed by atoms with Crippen LogP contribution in [0.15, 0.2) is 63.5 Å². The average molecular weight is 312 g/mol. The summed E-state index contributed by atoms with van der Waals surface area (Å²) in [5, 5.41) is 2.14. The maximum Gasteiger partial charge on any atom is 0.190 e. The van der Waals surface area contributed by atoms with E-state index in [-0.39, 0.29) is 0 Å². The van der Waals surface area contributed by atoms with E-state index < -0.39 is 0 Å². The van der Waals surface area contributed by atoms with Gasteiger partial charge in [-0.05, 0) is 37.1 Å². The van der Waals surface area contributed by atoms with Gasteiger partial charge in [0.2, 0.25) is 0 Å². The Morgan fingerprint density at radius 1 is 1.09 bits per heavy atom. The Morgan fingerprint density at radius 3 is 2.50 bits per heavy atom. The molecule has 0 amide bonds. The van der Waals surface area contributed by atoms with E-state index in [0.29, 0.717) is 6.04 Å². The van der Waals surface area contributed by atoms with Crippen molar-refractivity contribution < 1.29 is 4.42 Å². The van der Waals surface area contributed by atoms with E-state index in [4.69, 9.17) is 9.41 Å². The molecule has 0 saturated heterocycles. The van der Waals surface area contributed by atoms with Crippen LogP contribution in [0.25, 0.3) is 11.5 Å². The second-order valence-corrected chi connectivity index (χ2v) is 6.01. The van der Waals surface area contributed by atoms with Crippen molar-refractivity contribution in [1.82, 2.24) is 4.57 Å². The molecule has 2 aromatic heterocycles. The molecule has 0 aliphatic heterocycles. The molecule has 1 aromatic carbocycles. The predicted molar refractivity (Wildman–Crippen MR) is 91.3 cm³/mol. The zero-order valence-corrected chi connectivity index (χ0v) is 13.7. The van der Waals surface area contributed by atoms with Crippen LogP contribution in [0.3, 0.4) is 0 Å². The van der Waals surface area contributed by atoms with Crippen LogP contribution in [-0.2, 0) is 0 Å². The molecule has 0 saturated carbocycles. The largest absolute Gasteiger partial charge is 0.463 e. The molecule has 0 fully saturated rings. The number of nitrogens with zero attached hydrogens (tertiary/aromatic N) is 2. The molecule has 3 rings (SSSR count). The van der Waals surface area contributed by atoms with Gasteiger partial charge in [-0.3, -0.25) is 0 Å². The van der Waals surface area contributed by atoms with Gasteiger partial charge in [-0.15, -0.1) is 11.3 Å². The topological polar surface area (TPSA) is 30.4 Å². The Morgan fingerprint density at radius 2 is 1.86 bits per heavy atom. The molecule has 2 heterocycles. The first-order chi connectivity index (χ1) is 10.8. The van der Waals surface area contributed by atoms with E-state index in [0.717, 1.165) is 34.8 Å². The third-order valence-corrected chi connectivity index (χ3v) is 4.64. The highest BCUT2D eigenvalue weighted by molar-refractivity contribution is 7.07. The first-order valence-electron chi connectivity index (χ1n) is 7.67. The quantitative estimate of drug-likeness (QED) is 0.620. The van der Waals surface area contributed by atoms with Crippen molar-refractivity contribution in [2.75, 3.05) is 0 Å². The Kier molecular flexibility index (Phi) is 4.59. The molecule has 0 aliphatic carbocycles. The van der Waals surface area contributed by atoms with Crippen molar-refractivity contribution in [3.63, 3.8) is 0 Å². The number of thiazole rings is 1. The van der Waals surface area contributed by atoms with Gasteiger partial charge in [0.1, 0.15) is 0 Å². The van der Waals surface area contributed by atoms with E-state index in [9.17, 15) is 0 Å². The fourth-order valence-corrected chi connectivity index (χ4v) is 3.59. The van der Waals surface area contributed by atoms with Gasteiger partial charge in [-0.2, -0.15) is 0 Å². The van der Waals surface area contributed by atoms with Crippen LogP contribution >= 0.6 is 11.3 Å². The van der Waals surface area contributed by atoms with Crippen LogP contribution in [0.4, 0.5) is 5.69 Å². The molecule has 3 aromatic rings. The summed E-state index contributed by atoms with van der Waals surface area (Å²) in [7, 11) is 0. The minimum absolute atomic E-state index is 0.425. The second kappa shape index (κ2) is 6.79. The third kappa shape index (κ3) is 2.92. The number of para-hydroxylation sites is 1. The lowest BCUT2D eigenvalue weighted by Gasteiger charge is -2.17. The Bertz CT molecular complexity index is 765. The highest BCUT2D eigenvalue weighted by Gasteiger charge is 2.16. The van der Waals surface area contributed by atoms with Gasteiger partial charge in [-0.25, -0.2) is 4.99 Å². The van der Waals surface area contributed by atoms with Crippen LogP contribution in [0, 0.1) is 0 Å². The van der Waals surface area contributed by atoms with E-state index in [2.05, 4.69) is 23.8 Å². The Hall–Kier alpha value is -2.07. The highest BCUT2D eigenvalue weighted by atomic mass is 32.1. The normalized spacial score (nSPS) is 12.2. The average Bonchev–Trinajstić information content (AvgIpc) is 3.20. The summed E-state index contributed by atoms with van der Waals surface area (Å²) in [4.78, 5) is 5.85. The zero-order valence-electron chi connectivity index (χ0n) is 12.9. The lowest BCUT2D eigenvalue weighted by Crippen LogP contribution is -2.20. The van der Waals surface area contributed by atoms with Crippen molar-refractivity contribution in [2.24, 2.45) is 4.99 Å². The molecular formula is C18H20N2OS. The molecule has 3 nitrogen and oxygen atoms in total. The molecule has 0 aliphatic rings. The summed E-state index contributed by atoms with van der Waals surface area (Å²) in [5.74, 6) is 0.901. The zero-order chi connectivity index (χ0) is 15.4. The Labute approximate surface area is 134 Å². The summed E-state index contributed by atoms with van der Waals surface area (Å²) in [6, 6.07) is 14.5. The summed E-state index contributed by atoms with van der Waals surface area (Å²) in [5.41, 5.74) is 2.09. The fraction of sp³-hybridized carbons (Fsp3) is 0.278. The van der Waals surface area contributed by atoms with E-state index in [1.165, 1.54) is 0 Å². The van der Waals surface area contributed by atoms with Crippen molar-refractivity contribution >= 4 is 17.0 Å². The minimum atomic E-state index is 0.425. The standard InChI is InChI=1S/C18H20N2OS/c1-3-15(4-2)20-16(17-11-8-12-21-17)13-22-18(20)19-14-9-6-5-7-10-14/h5-13,15H,3-4H2,1-2H3. The smallest absolute Gasteiger partial charge is 0.190 e. The van der Waals surface area contributed by atoms with Gasteiger partial charge >= 0.3 is 0 Å². The number of rotatable bonds is 5. The van der Waals surface area contributed by atoms with Crippen molar-refractivity contribution in [1.29, 1.82) is 0 Å². The molecule has 0 atom stereocenters. The number of hydrogen-bond acceptors (Lipinski definition) is 3.